The summed E-state index contributed by atoms with van der Waals surface area (Å²) in [5, 5.41) is 13.5. The molecule has 3 N–H and O–H groups in total. The van der Waals surface area contributed by atoms with E-state index in [2.05, 4.69) is 0 Å². The lowest BCUT2D eigenvalue weighted by Crippen LogP contribution is -2.41. The molecule has 0 aliphatic heterocycles. The molecule has 3 aromatic rings. The van der Waals surface area contributed by atoms with Crippen LogP contribution in [0.2, 0.25) is 0 Å². The number of aliphatic hydroxyl groups excluding tert-OH is 1. The van der Waals surface area contributed by atoms with E-state index >= 15 is 0 Å². The van der Waals surface area contributed by atoms with E-state index < -0.39 is 5.41 Å². The molecular formula is C23H23NO4S. The van der Waals surface area contributed by atoms with E-state index in [4.69, 9.17) is 10.2 Å². The monoisotopic (exact) mass is 409 g/mol. The van der Waals surface area contributed by atoms with Crippen molar-refractivity contribution in [2.75, 3.05) is 5.73 Å². The van der Waals surface area contributed by atoms with Gasteiger partial charge in [0.2, 0.25) is 0 Å². The van der Waals surface area contributed by atoms with Crippen molar-refractivity contribution in [3.05, 3.63) is 56.8 Å². The van der Waals surface area contributed by atoms with Crippen LogP contribution in [0.4, 0.5) is 5.69 Å². The number of nitrogen functional groups attached to an aromatic ring is 1. The van der Waals surface area contributed by atoms with E-state index in [0.717, 1.165) is 15.6 Å². The van der Waals surface area contributed by atoms with Crippen LogP contribution >= 0.6 is 11.3 Å². The molecule has 0 spiro atoms. The molecule has 2 aromatic heterocycles. The first-order valence-electron chi connectivity index (χ1n) is 9.80. The fourth-order valence-corrected chi connectivity index (χ4v) is 5.23. The smallest absolute Gasteiger partial charge is 0.196 e. The fraction of sp³-hybridized carbons (Fsp3) is 0.304. The first kappa shape index (κ1) is 19.5. The van der Waals surface area contributed by atoms with Gasteiger partial charge in [-0.1, -0.05) is 20.8 Å². The zero-order valence-corrected chi connectivity index (χ0v) is 17.5. The summed E-state index contributed by atoms with van der Waals surface area (Å²) in [5.74, 6) is 0.254. The molecular weight excluding hydrogens is 386 g/mol. The Morgan fingerprint density at radius 2 is 1.86 bits per heavy atom. The number of fused-ring (bicyclic) bond motifs is 2. The number of carbonyl (C=O) groups is 1. The van der Waals surface area contributed by atoms with Crippen LogP contribution in [0, 0.1) is 0 Å². The molecule has 0 radical (unpaired) electrons. The highest BCUT2D eigenvalue weighted by Crippen LogP contribution is 2.45. The predicted molar refractivity (Wildman–Crippen MR) is 117 cm³/mol. The molecule has 0 saturated heterocycles. The molecule has 6 heteroatoms. The zero-order valence-electron chi connectivity index (χ0n) is 16.7. The molecule has 1 aliphatic carbocycles. The van der Waals surface area contributed by atoms with Gasteiger partial charge in [0.05, 0.1) is 5.41 Å². The van der Waals surface area contributed by atoms with Crippen LogP contribution in [0.5, 0.6) is 0 Å². The Morgan fingerprint density at radius 3 is 2.52 bits per heavy atom. The van der Waals surface area contributed by atoms with Crippen LogP contribution < -0.4 is 11.2 Å². The Labute approximate surface area is 172 Å². The Kier molecular flexibility index (Phi) is 4.62. The van der Waals surface area contributed by atoms with Crippen molar-refractivity contribution < 1.29 is 14.3 Å². The molecule has 29 heavy (non-hydrogen) atoms. The van der Waals surface area contributed by atoms with Gasteiger partial charge in [-0.25, -0.2) is 0 Å². The van der Waals surface area contributed by atoms with E-state index in [-0.39, 0.29) is 28.3 Å². The molecule has 0 bridgehead atoms. The third-order valence-electron chi connectivity index (χ3n) is 6.04. The van der Waals surface area contributed by atoms with E-state index in [1.807, 2.05) is 44.4 Å². The summed E-state index contributed by atoms with van der Waals surface area (Å²) in [6.45, 7) is 5.63. The summed E-state index contributed by atoms with van der Waals surface area (Å²) < 4.78 is 7.28. The van der Waals surface area contributed by atoms with Crippen molar-refractivity contribution in [1.82, 2.24) is 0 Å². The van der Waals surface area contributed by atoms with Crippen molar-refractivity contribution in [3.8, 4) is 11.3 Å². The number of thiophene rings is 1. The number of benzene rings is 1. The van der Waals surface area contributed by atoms with Gasteiger partial charge in [-0.3, -0.25) is 9.59 Å². The summed E-state index contributed by atoms with van der Waals surface area (Å²) in [4.78, 5) is 26.4. The Hall–Kier alpha value is -2.86. The van der Waals surface area contributed by atoms with Crippen LogP contribution in [-0.4, -0.2) is 10.9 Å². The van der Waals surface area contributed by atoms with Crippen molar-refractivity contribution in [1.29, 1.82) is 0 Å². The number of anilines is 1. The molecule has 0 saturated carbocycles. The van der Waals surface area contributed by atoms with Gasteiger partial charge in [0.1, 0.15) is 22.8 Å². The Morgan fingerprint density at radius 1 is 1.14 bits per heavy atom. The second-order valence-corrected chi connectivity index (χ2v) is 8.29. The normalized spacial score (nSPS) is 15.8. The van der Waals surface area contributed by atoms with E-state index in [9.17, 15) is 14.7 Å². The van der Waals surface area contributed by atoms with Gasteiger partial charge in [-0.15, -0.1) is 11.3 Å². The topological polar surface area (TPSA) is 93.5 Å². The molecule has 0 fully saturated rings. The van der Waals surface area contributed by atoms with Crippen LogP contribution in [0.1, 0.15) is 51.4 Å². The second-order valence-electron chi connectivity index (χ2n) is 7.38. The summed E-state index contributed by atoms with van der Waals surface area (Å²) in [5.41, 5.74) is 6.46. The highest BCUT2D eigenvalue weighted by atomic mass is 32.1. The predicted octanol–water partition coefficient (Wildman–Crippen LogP) is 5.42. The summed E-state index contributed by atoms with van der Waals surface area (Å²) in [7, 11) is 0. The number of Topliss-reactive ketones (excluding diaryl/α,β-unsaturated/α-hetero) is 1. The summed E-state index contributed by atoms with van der Waals surface area (Å²) >= 11 is 1.53. The molecule has 0 unspecified atom stereocenters. The maximum Gasteiger partial charge on any atom is 0.196 e. The van der Waals surface area contributed by atoms with E-state index in [1.54, 1.807) is 0 Å². The average molecular weight is 410 g/mol. The quantitative estimate of drug-likeness (QED) is 0.561. The molecule has 2 heterocycles. The maximum atomic E-state index is 13.3. The van der Waals surface area contributed by atoms with Gasteiger partial charge in [0.15, 0.2) is 11.2 Å². The first-order chi connectivity index (χ1) is 13.9. The average Bonchev–Trinajstić information content (AvgIpc) is 3.12. The second kappa shape index (κ2) is 6.88. The maximum absolute atomic E-state index is 13.3. The van der Waals surface area contributed by atoms with Crippen molar-refractivity contribution in [2.45, 2.75) is 45.4 Å². The SMILES string of the molecule is CCC1=C(O)c2c(oc(-c3csc4ccc(N)cc34)cc2=O)C(CC)(CC)C1=O. The van der Waals surface area contributed by atoms with Gasteiger partial charge >= 0.3 is 0 Å². The minimum atomic E-state index is -0.951. The van der Waals surface area contributed by atoms with Gasteiger partial charge in [0, 0.05) is 38.4 Å². The van der Waals surface area contributed by atoms with Crippen molar-refractivity contribution >= 4 is 38.7 Å². The lowest BCUT2D eigenvalue weighted by atomic mass is 9.68. The molecule has 1 aliphatic rings. The first-order valence-corrected chi connectivity index (χ1v) is 10.7. The Balaban J connectivity index is 2.06. The molecule has 150 valence electrons. The summed E-state index contributed by atoms with van der Waals surface area (Å²) in [6, 6.07) is 7.02. The van der Waals surface area contributed by atoms with Gasteiger partial charge in [-0.2, -0.15) is 0 Å². The van der Waals surface area contributed by atoms with Crippen molar-refractivity contribution in [2.24, 2.45) is 0 Å². The van der Waals surface area contributed by atoms with Crippen molar-refractivity contribution in [3.63, 3.8) is 0 Å². The highest BCUT2D eigenvalue weighted by Gasteiger charge is 2.48. The number of allylic oxidation sites excluding steroid dienone is 1. The fourth-order valence-electron chi connectivity index (χ4n) is 4.30. The van der Waals surface area contributed by atoms with E-state index in [0.29, 0.717) is 36.3 Å². The third-order valence-corrected chi connectivity index (χ3v) is 7.00. The number of carbonyl (C=O) groups excluding carboxylic acids is 1. The zero-order chi connectivity index (χ0) is 20.9. The van der Waals surface area contributed by atoms with Crippen LogP contribution in [0.15, 0.2) is 44.4 Å². The molecule has 0 atom stereocenters. The van der Waals surface area contributed by atoms with Crippen LogP contribution in [0.3, 0.4) is 0 Å². The number of hydrogen-bond donors (Lipinski definition) is 2. The Bertz CT molecular complexity index is 1230. The highest BCUT2D eigenvalue weighted by molar-refractivity contribution is 7.17. The summed E-state index contributed by atoms with van der Waals surface area (Å²) in [6.07, 6.45) is 1.33. The minimum absolute atomic E-state index is 0.118. The number of ketones is 1. The van der Waals surface area contributed by atoms with Gasteiger partial charge in [-0.05, 0) is 37.5 Å². The number of nitrogens with two attached hydrogens (primary N) is 1. The third kappa shape index (κ3) is 2.66. The lowest BCUT2D eigenvalue weighted by molar-refractivity contribution is -0.122. The minimum Gasteiger partial charge on any atom is -0.507 e. The molecule has 4 rings (SSSR count). The van der Waals surface area contributed by atoms with Crippen LogP contribution in [-0.2, 0) is 10.2 Å². The number of hydrogen-bond acceptors (Lipinski definition) is 6. The standard InChI is InChI=1S/C23H23NO4S/c1-4-13-20(26)19-16(25)10-17(28-22(19)23(5-2,6-3)21(13)27)15-11-29-18-8-7-12(24)9-14(15)18/h7-11,26H,4-6,24H2,1-3H3. The lowest BCUT2D eigenvalue weighted by Gasteiger charge is -2.35. The molecule has 5 nitrogen and oxygen atoms in total. The largest absolute Gasteiger partial charge is 0.507 e. The molecule has 1 aromatic carbocycles. The number of rotatable bonds is 4. The van der Waals surface area contributed by atoms with Crippen LogP contribution in [0.25, 0.3) is 27.2 Å². The van der Waals surface area contributed by atoms with E-state index in [1.165, 1.54) is 17.4 Å². The van der Waals surface area contributed by atoms with Gasteiger partial charge in [0.25, 0.3) is 0 Å². The van der Waals surface area contributed by atoms with Gasteiger partial charge < -0.3 is 15.3 Å². The number of aliphatic hydroxyl groups is 1. The molecule has 0 amide bonds.